The van der Waals surface area contributed by atoms with Crippen molar-refractivity contribution < 1.29 is 23.4 Å². The predicted octanol–water partition coefficient (Wildman–Crippen LogP) is 2.90. The lowest BCUT2D eigenvalue weighted by Gasteiger charge is -2.51. The Bertz CT molecular complexity index is 593. The fraction of sp³-hybridized carbons (Fsp3) is 0.600. The van der Waals surface area contributed by atoms with Crippen molar-refractivity contribution in [2.75, 3.05) is 12.4 Å². The molecule has 0 bridgehead atoms. The van der Waals surface area contributed by atoms with Gasteiger partial charge in [0.15, 0.2) is 5.17 Å². The van der Waals surface area contributed by atoms with E-state index in [2.05, 4.69) is 10.3 Å². The Morgan fingerprint density at radius 3 is 3.04 bits per heavy atom. The molecule has 2 unspecified atom stereocenters. The van der Waals surface area contributed by atoms with E-state index >= 15 is 4.39 Å². The highest BCUT2D eigenvalue weighted by molar-refractivity contribution is 8.13. The Balaban J connectivity index is 2.04. The van der Waals surface area contributed by atoms with Gasteiger partial charge in [0, 0.05) is 24.0 Å². The van der Waals surface area contributed by atoms with Crippen LogP contribution in [0.5, 0.6) is 0 Å². The van der Waals surface area contributed by atoms with Gasteiger partial charge in [0.2, 0.25) is 6.36 Å². The molecule has 0 aromatic rings. The fourth-order valence-corrected chi connectivity index (χ4v) is 4.69. The van der Waals surface area contributed by atoms with E-state index in [1.54, 1.807) is 18.2 Å². The topological polar surface area (TPSA) is 70.9 Å². The molecule has 5 nitrogen and oxygen atoms in total. The Labute approximate surface area is 136 Å². The molecule has 2 heterocycles. The van der Waals surface area contributed by atoms with Crippen LogP contribution in [0, 0.1) is 11.8 Å². The summed E-state index contributed by atoms with van der Waals surface area (Å²) in [5, 5.41) is 11.3. The zero-order valence-corrected chi connectivity index (χ0v) is 13.4. The van der Waals surface area contributed by atoms with Crippen molar-refractivity contribution in [3.05, 3.63) is 24.3 Å². The number of rotatable bonds is 1. The van der Waals surface area contributed by atoms with E-state index in [1.165, 1.54) is 24.8 Å². The molecule has 1 aliphatic carbocycles. The number of fused-ring (bicyclic) bond motifs is 1. The third-order valence-corrected chi connectivity index (χ3v) is 5.64. The maximum atomic E-state index is 15.1. The molecule has 0 aromatic carbocycles. The first-order chi connectivity index (χ1) is 10.8. The van der Waals surface area contributed by atoms with Crippen LogP contribution >= 0.6 is 11.8 Å². The van der Waals surface area contributed by atoms with E-state index in [1.807, 2.05) is 0 Å². The van der Waals surface area contributed by atoms with Gasteiger partial charge in [-0.15, -0.1) is 0 Å². The smallest absolute Gasteiger partial charge is 0.410 e. The standard InChI is InChI=1S/C15H18F2N2O3S/c1-14(17)5-3-2-4-10(14)15-6-11(16)22-7-9(15)8-23-12(19-15)18-13(20)21/h2-5,9-11H,6-8H2,1H3,(H,18,19)(H,20,21)/t9-,10?,11-,14?,15+/m0/s1. The van der Waals surface area contributed by atoms with Gasteiger partial charge in [-0.05, 0) is 13.0 Å². The van der Waals surface area contributed by atoms with Crippen LogP contribution in [-0.4, -0.2) is 46.3 Å². The molecule has 1 amide bonds. The summed E-state index contributed by atoms with van der Waals surface area (Å²) < 4.78 is 34.2. The van der Waals surface area contributed by atoms with E-state index in [0.717, 1.165) is 0 Å². The van der Waals surface area contributed by atoms with Gasteiger partial charge in [0.05, 0.1) is 12.1 Å². The van der Waals surface area contributed by atoms with E-state index < -0.39 is 29.6 Å². The van der Waals surface area contributed by atoms with Gasteiger partial charge in [-0.1, -0.05) is 30.0 Å². The van der Waals surface area contributed by atoms with Crippen molar-refractivity contribution >= 4 is 23.0 Å². The number of halogens is 2. The molecule has 3 rings (SSSR count). The third kappa shape index (κ3) is 3.01. The summed E-state index contributed by atoms with van der Waals surface area (Å²) in [6.07, 6.45) is 3.60. The monoisotopic (exact) mass is 344 g/mol. The SMILES string of the molecule is CC1(F)C=CC=CC1[C@@]12C[C@@H](F)OC[C@H]1CSC(NC(=O)O)=N2. The number of amidine groups is 1. The Morgan fingerprint density at radius 1 is 1.57 bits per heavy atom. The van der Waals surface area contributed by atoms with Gasteiger partial charge in [0.25, 0.3) is 0 Å². The number of amides is 1. The number of hydrogen-bond acceptors (Lipinski definition) is 4. The Kier molecular flexibility index (Phi) is 4.22. The average Bonchev–Trinajstić information content (AvgIpc) is 2.45. The van der Waals surface area contributed by atoms with Crippen LogP contribution in [0.2, 0.25) is 0 Å². The number of nitrogens with one attached hydrogen (secondary N) is 1. The van der Waals surface area contributed by atoms with Crippen LogP contribution in [0.1, 0.15) is 13.3 Å². The summed E-state index contributed by atoms with van der Waals surface area (Å²) in [5.41, 5.74) is -2.75. The number of carbonyl (C=O) groups is 1. The summed E-state index contributed by atoms with van der Waals surface area (Å²) in [4.78, 5) is 15.4. The van der Waals surface area contributed by atoms with E-state index in [4.69, 9.17) is 9.84 Å². The van der Waals surface area contributed by atoms with Crippen molar-refractivity contribution in [2.45, 2.75) is 30.9 Å². The Morgan fingerprint density at radius 2 is 2.35 bits per heavy atom. The van der Waals surface area contributed by atoms with Crippen LogP contribution in [-0.2, 0) is 4.74 Å². The molecular weight excluding hydrogens is 326 g/mol. The van der Waals surface area contributed by atoms with Gasteiger partial charge in [0.1, 0.15) is 5.67 Å². The minimum absolute atomic E-state index is 0.0919. The minimum atomic E-state index is -1.69. The first-order valence-electron chi connectivity index (χ1n) is 7.37. The lowest BCUT2D eigenvalue weighted by molar-refractivity contribution is -0.132. The molecule has 126 valence electrons. The molecule has 2 N–H and O–H groups in total. The maximum Gasteiger partial charge on any atom is 0.410 e. The molecule has 23 heavy (non-hydrogen) atoms. The largest absolute Gasteiger partial charge is 0.465 e. The zero-order valence-electron chi connectivity index (χ0n) is 12.5. The minimum Gasteiger partial charge on any atom is -0.465 e. The second-order valence-electron chi connectivity index (χ2n) is 6.17. The number of ether oxygens (including phenoxy) is 1. The number of alkyl halides is 2. The summed E-state index contributed by atoms with van der Waals surface area (Å²) in [6, 6.07) is 0. The number of aliphatic imine (C=N–C) groups is 1. The Hall–Kier alpha value is -1.41. The second-order valence-corrected chi connectivity index (χ2v) is 7.18. The summed E-state index contributed by atoms with van der Waals surface area (Å²) in [7, 11) is 0. The van der Waals surface area contributed by atoms with Crippen LogP contribution < -0.4 is 5.32 Å². The molecule has 0 spiro atoms. The van der Waals surface area contributed by atoms with Crippen molar-refractivity contribution in [1.82, 2.24) is 5.32 Å². The molecule has 2 aliphatic heterocycles. The highest BCUT2D eigenvalue weighted by Gasteiger charge is 2.57. The molecule has 0 radical (unpaired) electrons. The molecule has 1 fully saturated rings. The molecule has 0 saturated carbocycles. The number of hydrogen-bond donors (Lipinski definition) is 2. The number of carboxylic acid groups (broad SMARTS) is 1. The molecule has 3 aliphatic rings. The van der Waals surface area contributed by atoms with Crippen LogP contribution in [0.4, 0.5) is 13.6 Å². The van der Waals surface area contributed by atoms with E-state index in [-0.39, 0.29) is 24.1 Å². The highest BCUT2D eigenvalue weighted by Crippen LogP contribution is 2.50. The lowest BCUT2D eigenvalue weighted by atomic mass is 9.65. The maximum absolute atomic E-state index is 15.1. The quantitative estimate of drug-likeness (QED) is 0.767. The molecule has 0 aromatic heterocycles. The lowest BCUT2D eigenvalue weighted by Crippen LogP contribution is -2.59. The van der Waals surface area contributed by atoms with Crippen molar-refractivity contribution in [2.24, 2.45) is 16.8 Å². The predicted molar refractivity (Wildman–Crippen MR) is 84.0 cm³/mol. The molecule has 5 atom stereocenters. The normalized spacial score (nSPS) is 42.7. The first-order valence-corrected chi connectivity index (χ1v) is 8.35. The summed E-state index contributed by atoms with van der Waals surface area (Å²) in [6.45, 7) is 1.58. The van der Waals surface area contributed by atoms with Gasteiger partial charge in [-0.3, -0.25) is 10.3 Å². The van der Waals surface area contributed by atoms with Crippen LogP contribution in [0.15, 0.2) is 29.3 Å². The highest BCUT2D eigenvalue weighted by atomic mass is 32.2. The van der Waals surface area contributed by atoms with Crippen molar-refractivity contribution in [3.8, 4) is 0 Å². The van der Waals surface area contributed by atoms with Crippen molar-refractivity contribution in [3.63, 3.8) is 0 Å². The summed E-state index contributed by atoms with van der Waals surface area (Å²) in [5.74, 6) is -0.371. The van der Waals surface area contributed by atoms with Gasteiger partial charge in [-0.25, -0.2) is 13.6 Å². The van der Waals surface area contributed by atoms with Crippen LogP contribution in [0.3, 0.4) is 0 Å². The molecule has 8 heteroatoms. The summed E-state index contributed by atoms with van der Waals surface area (Å²) >= 11 is 1.23. The van der Waals surface area contributed by atoms with E-state index in [0.29, 0.717) is 5.75 Å². The fourth-order valence-electron chi connectivity index (χ4n) is 3.55. The number of allylic oxidation sites excluding steroid dienone is 3. The first kappa shape index (κ1) is 16.4. The van der Waals surface area contributed by atoms with E-state index in [9.17, 15) is 9.18 Å². The van der Waals surface area contributed by atoms with Gasteiger partial charge >= 0.3 is 6.09 Å². The second kappa shape index (κ2) is 5.90. The number of thioether (sulfide) groups is 1. The third-order valence-electron chi connectivity index (χ3n) is 4.60. The van der Waals surface area contributed by atoms with Crippen LogP contribution in [0.25, 0.3) is 0 Å². The van der Waals surface area contributed by atoms with Crippen molar-refractivity contribution in [1.29, 1.82) is 0 Å². The average molecular weight is 344 g/mol. The molecular formula is C15H18F2N2O3S. The van der Waals surface area contributed by atoms with Gasteiger partial charge in [-0.2, -0.15) is 0 Å². The number of nitrogens with zero attached hydrogens (tertiary/aromatic N) is 1. The zero-order chi connectivity index (χ0) is 16.7. The van der Waals surface area contributed by atoms with Gasteiger partial charge < -0.3 is 9.84 Å². The molecule has 1 saturated heterocycles.